The molecule has 0 bridgehead atoms. The molecule has 0 aliphatic rings. The fourth-order valence-electron chi connectivity index (χ4n) is 3.12. The molecule has 11 heteroatoms. The number of carbonyl (C=O) groups excluding carboxylic acids is 1. The molecule has 1 amide bonds. The number of hydrogen-bond acceptors (Lipinski definition) is 8. The van der Waals surface area contributed by atoms with E-state index in [0.29, 0.717) is 22.3 Å². The lowest BCUT2D eigenvalue weighted by molar-refractivity contribution is 0.136. The van der Waals surface area contributed by atoms with Gasteiger partial charge in [-0.3, -0.25) is 4.90 Å². The molecule has 3 aromatic heterocycles. The quantitative estimate of drug-likeness (QED) is 0.479. The predicted octanol–water partition coefficient (Wildman–Crippen LogP) is 3.39. The summed E-state index contributed by atoms with van der Waals surface area (Å²) in [6.07, 6.45) is 2.10. The van der Waals surface area contributed by atoms with Crippen LogP contribution in [-0.2, 0) is 6.54 Å². The molecule has 172 valence electrons. The summed E-state index contributed by atoms with van der Waals surface area (Å²) in [6.45, 7) is 3.31. The molecule has 0 saturated heterocycles. The molecule has 0 saturated carbocycles. The van der Waals surface area contributed by atoms with Crippen molar-refractivity contribution in [3.05, 3.63) is 60.2 Å². The van der Waals surface area contributed by atoms with Gasteiger partial charge < -0.3 is 10.5 Å². The minimum Gasteiger partial charge on any atom is -0.405 e. The van der Waals surface area contributed by atoms with Crippen molar-refractivity contribution >= 4 is 22.9 Å². The van der Waals surface area contributed by atoms with Crippen molar-refractivity contribution in [2.45, 2.75) is 25.9 Å². The zero-order chi connectivity index (χ0) is 24.5. The lowest BCUT2D eigenvalue weighted by Crippen LogP contribution is -2.45. The fourth-order valence-corrected chi connectivity index (χ4v) is 3.12. The number of rotatable bonds is 5. The summed E-state index contributed by atoms with van der Waals surface area (Å²) in [4.78, 5) is 26.4. The Morgan fingerprint density at radius 3 is 2.74 bits per heavy atom. The molecule has 1 aromatic carbocycles. The van der Waals surface area contributed by atoms with E-state index in [-0.39, 0.29) is 29.8 Å². The average Bonchev–Trinajstić information content (AvgIpc) is 3.19. The summed E-state index contributed by atoms with van der Waals surface area (Å²) in [7, 11) is 1.44. The molecule has 0 aliphatic heterocycles. The van der Waals surface area contributed by atoms with E-state index in [1.165, 1.54) is 19.3 Å². The number of halogens is 1. The van der Waals surface area contributed by atoms with Gasteiger partial charge in [-0.2, -0.15) is 10.4 Å². The molecule has 4 rings (SSSR count). The Balaban J connectivity index is 1.67. The highest BCUT2D eigenvalue weighted by Crippen LogP contribution is 2.28. The Kier molecular flexibility index (Phi) is 5.81. The largest absolute Gasteiger partial charge is 0.416 e. The third-order valence-electron chi connectivity index (χ3n) is 5.36. The van der Waals surface area contributed by atoms with Gasteiger partial charge in [0.2, 0.25) is 0 Å². The number of ether oxygens (including phenoxy) is 1. The number of anilines is 1. The third kappa shape index (κ3) is 4.21. The van der Waals surface area contributed by atoms with Gasteiger partial charge in [-0.05, 0) is 32.0 Å². The van der Waals surface area contributed by atoms with Gasteiger partial charge in [0.15, 0.2) is 23.0 Å². The van der Waals surface area contributed by atoms with Gasteiger partial charge in [0.05, 0.1) is 24.2 Å². The lowest BCUT2D eigenvalue weighted by atomic mass is 10.1. The summed E-state index contributed by atoms with van der Waals surface area (Å²) in [5.41, 5.74) is 6.33. The maximum atomic E-state index is 14.2. The van der Waals surface area contributed by atoms with Crippen LogP contribution in [0.2, 0.25) is 0 Å². The topological polar surface area (TPSA) is 136 Å². The molecule has 0 atom stereocenters. The molecule has 34 heavy (non-hydrogen) atoms. The number of nitrogens with zero attached hydrogens (tertiary/aromatic N) is 7. The number of nitriles is 1. The van der Waals surface area contributed by atoms with E-state index in [1.54, 1.807) is 55.1 Å². The molecular formula is C23H21FN8O2. The maximum absolute atomic E-state index is 14.2. The van der Waals surface area contributed by atoms with Crippen LogP contribution in [0.15, 0.2) is 48.8 Å². The summed E-state index contributed by atoms with van der Waals surface area (Å²) in [5.74, 6) is -0.294. The molecule has 0 radical (unpaired) electrons. The van der Waals surface area contributed by atoms with Crippen LogP contribution < -0.4 is 10.5 Å². The van der Waals surface area contributed by atoms with Gasteiger partial charge in [-0.25, -0.2) is 28.8 Å². The minimum atomic E-state index is -1.08. The number of benzene rings is 1. The third-order valence-corrected chi connectivity index (χ3v) is 5.36. The Morgan fingerprint density at radius 1 is 1.26 bits per heavy atom. The molecule has 10 nitrogen and oxygen atoms in total. The summed E-state index contributed by atoms with van der Waals surface area (Å²) in [5, 5.41) is 14.4. The Labute approximate surface area is 194 Å². The zero-order valence-corrected chi connectivity index (χ0v) is 18.7. The standard InChI is InChI=1S/C23H21FN8O2/c1-23(2,13-25)31(3)22(33)34-17-11-28-20(29-19(17)26)18-15-8-6-10-27-21(15)32(30-18)12-14-7-4-5-9-16(14)24/h4-11H,12H2,1-3H3,(H2,26,28,29). The number of aromatic nitrogens is 5. The van der Waals surface area contributed by atoms with Crippen LogP contribution in [0, 0.1) is 17.1 Å². The first kappa shape index (κ1) is 22.6. The van der Waals surface area contributed by atoms with Gasteiger partial charge in [-0.15, -0.1) is 0 Å². The Hall–Kier alpha value is -4.59. The van der Waals surface area contributed by atoms with E-state index < -0.39 is 11.6 Å². The molecule has 0 aliphatic carbocycles. The van der Waals surface area contributed by atoms with Crippen molar-refractivity contribution in [3.63, 3.8) is 0 Å². The first-order chi connectivity index (χ1) is 16.2. The number of hydrogen-bond donors (Lipinski definition) is 1. The van der Waals surface area contributed by atoms with E-state index in [2.05, 4.69) is 20.1 Å². The van der Waals surface area contributed by atoms with E-state index in [1.807, 2.05) is 6.07 Å². The van der Waals surface area contributed by atoms with Crippen LogP contribution in [0.4, 0.5) is 15.0 Å². The highest BCUT2D eigenvalue weighted by Gasteiger charge is 2.29. The second-order valence-electron chi connectivity index (χ2n) is 8.01. The van der Waals surface area contributed by atoms with Crippen molar-refractivity contribution in [3.8, 4) is 23.3 Å². The molecular weight excluding hydrogens is 439 g/mol. The van der Waals surface area contributed by atoms with Crippen molar-refractivity contribution < 1.29 is 13.9 Å². The minimum absolute atomic E-state index is 0.0532. The van der Waals surface area contributed by atoms with Gasteiger partial charge in [0.1, 0.15) is 17.1 Å². The fraction of sp³-hybridized carbons (Fsp3) is 0.217. The van der Waals surface area contributed by atoms with Crippen LogP contribution in [0.5, 0.6) is 5.75 Å². The van der Waals surface area contributed by atoms with Gasteiger partial charge in [0, 0.05) is 18.8 Å². The number of pyridine rings is 1. The first-order valence-electron chi connectivity index (χ1n) is 10.3. The summed E-state index contributed by atoms with van der Waals surface area (Å²) < 4.78 is 21.0. The second kappa shape index (κ2) is 8.74. The van der Waals surface area contributed by atoms with Crippen LogP contribution in [-0.4, -0.2) is 48.3 Å². The zero-order valence-electron chi connectivity index (χ0n) is 18.7. The smallest absolute Gasteiger partial charge is 0.405 e. The number of nitrogens with two attached hydrogens (primary N) is 1. The lowest BCUT2D eigenvalue weighted by Gasteiger charge is -2.27. The van der Waals surface area contributed by atoms with Crippen LogP contribution in [0.1, 0.15) is 19.4 Å². The number of amides is 1. The average molecular weight is 460 g/mol. The number of fused-ring (bicyclic) bond motifs is 1. The highest BCUT2D eigenvalue weighted by molar-refractivity contribution is 5.89. The van der Waals surface area contributed by atoms with E-state index in [4.69, 9.17) is 10.5 Å². The first-order valence-corrected chi connectivity index (χ1v) is 10.3. The van der Waals surface area contributed by atoms with E-state index in [9.17, 15) is 14.4 Å². The predicted molar refractivity (Wildman–Crippen MR) is 122 cm³/mol. The molecule has 3 heterocycles. The van der Waals surface area contributed by atoms with E-state index in [0.717, 1.165) is 4.90 Å². The van der Waals surface area contributed by atoms with Crippen molar-refractivity contribution in [2.75, 3.05) is 12.8 Å². The SMILES string of the molecule is CN(C(=O)Oc1cnc(-c2nn(Cc3ccccc3F)c3ncccc23)nc1N)C(C)(C)C#N. The van der Waals surface area contributed by atoms with Crippen molar-refractivity contribution in [1.29, 1.82) is 5.26 Å². The molecule has 4 aromatic rings. The number of nitrogen functional groups attached to an aromatic ring is 1. The Morgan fingerprint density at radius 2 is 2.03 bits per heavy atom. The Bertz CT molecular complexity index is 1430. The second-order valence-corrected chi connectivity index (χ2v) is 8.01. The molecule has 0 unspecified atom stereocenters. The van der Waals surface area contributed by atoms with E-state index >= 15 is 0 Å². The van der Waals surface area contributed by atoms with Crippen LogP contribution in [0.3, 0.4) is 0 Å². The normalized spacial score (nSPS) is 11.3. The summed E-state index contributed by atoms with van der Waals surface area (Å²) in [6, 6.07) is 12.0. The molecule has 0 spiro atoms. The summed E-state index contributed by atoms with van der Waals surface area (Å²) >= 11 is 0. The van der Waals surface area contributed by atoms with Crippen molar-refractivity contribution in [1.82, 2.24) is 29.6 Å². The molecule has 2 N–H and O–H groups in total. The maximum Gasteiger partial charge on any atom is 0.416 e. The van der Waals surface area contributed by atoms with Gasteiger partial charge >= 0.3 is 6.09 Å². The number of carbonyl (C=O) groups is 1. The van der Waals surface area contributed by atoms with Gasteiger partial charge in [-0.1, -0.05) is 18.2 Å². The van der Waals surface area contributed by atoms with Gasteiger partial charge in [0.25, 0.3) is 0 Å². The highest BCUT2D eigenvalue weighted by atomic mass is 19.1. The van der Waals surface area contributed by atoms with Crippen LogP contribution in [0.25, 0.3) is 22.6 Å². The van der Waals surface area contributed by atoms with Crippen LogP contribution >= 0.6 is 0 Å². The monoisotopic (exact) mass is 460 g/mol. The van der Waals surface area contributed by atoms with Crippen molar-refractivity contribution in [2.24, 2.45) is 0 Å². The molecule has 0 fully saturated rings.